The van der Waals surface area contributed by atoms with Crippen LogP contribution in [0.1, 0.15) is 23.3 Å². The van der Waals surface area contributed by atoms with Crippen LogP contribution in [0.15, 0.2) is 85.5 Å². The fraction of sp³-hybridized carbons (Fsp3) is 0.231. The summed E-state index contributed by atoms with van der Waals surface area (Å²) in [4.78, 5) is 22.4. The molecule has 4 aromatic rings. The molecule has 0 bridgehead atoms. The van der Waals surface area contributed by atoms with Crippen molar-refractivity contribution < 1.29 is 90.9 Å². The van der Waals surface area contributed by atoms with E-state index in [1.807, 2.05) is 48.8 Å². The van der Waals surface area contributed by atoms with E-state index >= 15 is 0 Å². The molecule has 0 amide bonds. The van der Waals surface area contributed by atoms with Gasteiger partial charge in [0.05, 0.1) is 18.5 Å². The number of carboxylic acid groups (broad SMARTS) is 1. The normalized spacial score (nSPS) is 11.1. The summed E-state index contributed by atoms with van der Waals surface area (Å²) in [5.74, 6) is -1.41. The number of methoxy groups -OCH3 is 3. The van der Waals surface area contributed by atoms with Gasteiger partial charge in [0, 0.05) is 46.1 Å². The predicted octanol–water partition coefficient (Wildman–Crippen LogP) is -0.187. The molecule has 2 heterocycles. The monoisotopic (exact) mass is 566 g/mol. The molecule has 0 radical (unpaired) electrons. The Morgan fingerprint density at radius 2 is 1.13 bits per heavy atom. The van der Waals surface area contributed by atoms with Crippen molar-refractivity contribution in [2.75, 3.05) is 28.4 Å². The zero-order valence-corrected chi connectivity index (χ0v) is 25.5. The number of carbonyl (C=O) groups is 2. The van der Waals surface area contributed by atoms with E-state index in [1.165, 1.54) is 21.3 Å². The maximum atomic E-state index is 11.5. The second-order valence-electron chi connectivity index (χ2n) is 7.18. The minimum atomic E-state index is -1.00. The van der Waals surface area contributed by atoms with Crippen LogP contribution in [-0.2, 0) is 23.8 Å². The molecule has 0 fully saturated rings. The number of aliphatic carboxylic acids is 1. The van der Waals surface area contributed by atoms with Gasteiger partial charge in [-0.05, 0) is 47.5 Å². The standard InChI is InChI=1S/C13H14N2O3.C12H12N2O3.CH4O.K.H2O/c1-17-12(13(16)18-2)10-4-6-11(7-5-10)15-9-3-8-14-15;1-17-11(12(15)16)9-3-5-10(6-4-9)14-8-2-7-13-14;1-2;;/h3-9,12H,1-2H3;2-8,11H,1H3,(H,15,16);2H,1H3;;1H2/q;;;+1;/p-1. The molecule has 2 unspecified atom stereocenters. The molecule has 2 atom stereocenters. The Morgan fingerprint density at radius 1 is 0.744 bits per heavy atom. The second kappa shape index (κ2) is 19.4. The summed E-state index contributed by atoms with van der Waals surface area (Å²) >= 11 is 0. The third kappa shape index (κ3) is 10.4. The summed E-state index contributed by atoms with van der Waals surface area (Å²) in [6.45, 7) is 0. The Labute approximate surface area is 268 Å². The number of benzene rings is 2. The summed E-state index contributed by atoms with van der Waals surface area (Å²) < 4.78 is 18.1. The Balaban J connectivity index is 0.000000665. The minimum Gasteiger partial charge on any atom is -0.870 e. The van der Waals surface area contributed by atoms with Gasteiger partial charge in [-0.15, -0.1) is 0 Å². The number of hydrogen-bond donors (Lipinski definition) is 2. The number of aliphatic hydroxyl groups is 1. The van der Waals surface area contributed by atoms with Gasteiger partial charge in [0.15, 0.2) is 12.2 Å². The quantitative estimate of drug-likeness (QED) is 0.215. The minimum absolute atomic E-state index is 0. The van der Waals surface area contributed by atoms with Crippen LogP contribution in [-0.4, -0.2) is 75.6 Å². The van der Waals surface area contributed by atoms with Gasteiger partial charge in [0.25, 0.3) is 0 Å². The molecule has 204 valence electrons. The second-order valence-corrected chi connectivity index (χ2v) is 7.18. The van der Waals surface area contributed by atoms with Gasteiger partial charge in [-0.3, -0.25) is 0 Å². The van der Waals surface area contributed by atoms with Crippen molar-refractivity contribution in [2.45, 2.75) is 12.2 Å². The van der Waals surface area contributed by atoms with E-state index in [0.29, 0.717) is 5.56 Å². The van der Waals surface area contributed by atoms with Crippen LogP contribution in [0.4, 0.5) is 0 Å². The Bertz CT molecular complexity index is 1200. The van der Waals surface area contributed by atoms with Gasteiger partial charge in [0.2, 0.25) is 0 Å². The number of carboxylic acids is 1. The summed E-state index contributed by atoms with van der Waals surface area (Å²) in [6, 6.07) is 18.1. The average Bonchev–Trinajstić information content (AvgIpc) is 3.67. The molecular formula is C26H31KN4O8. The van der Waals surface area contributed by atoms with Gasteiger partial charge in [-0.25, -0.2) is 19.0 Å². The first-order valence-electron chi connectivity index (χ1n) is 11.0. The van der Waals surface area contributed by atoms with Crippen LogP contribution < -0.4 is 51.4 Å². The molecular weight excluding hydrogens is 535 g/mol. The molecule has 4 rings (SSSR count). The van der Waals surface area contributed by atoms with Crippen LogP contribution >= 0.6 is 0 Å². The largest absolute Gasteiger partial charge is 1.00 e. The summed E-state index contributed by atoms with van der Waals surface area (Å²) in [5.41, 5.74) is 3.15. The predicted molar refractivity (Wildman–Crippen MR) is 136 cm³/mol. The number of rotatable bonds is 8. The number of ether oxygens (including phenoxy) is 3. The Morgan fingerprint density at radius 3 is 1.41 bits per heavy atom. The SMILES string of the molecule is CO.COC(=O)C(OC)c1ccc(-n2cccn2)cc1.COC(C(=O)O)c1ccc(-n2cccn2)cc1.[K+].[OH-]. The van der Waals surface area contributed by atoms with Crippen molar-refractivity contribution in [1.29, 1.82) is 0 Å². The van der Waals surface area contributed by atoms with Gasteiger partial charge < -0.3 is 29.9 Å². The van der Waals surface area contributed by atoms with Crippen molar-refractivity contribution in [3.8, 4) is 11.4 Å². The fourth-order valence-electron chi connectivity index (χ4n) is 3.30. The van der Waals surface area contributed by atoms with Crippen molar-refractivity contribution in [3.05, 3.63) is 96.6 Å². The van der Waals surface area contributed by atoms with E-state index < -0.39 is 24.1 Å². The smallest absolute Gasteiger partial charge is 0.870 e. The number of hydrogen-bond acceptors (Lipinski definition) is 9. The van der Waals surface area contributed by atoms with E-state index in [9.17, 15) is 9.59 Å². The van der Waals surface area contributed by atoms with E-state index in [4.69, 9.17) is 19.7 Å². The van der Waals surface area contributed by atoms with Crippen molar-refractivity contribution >= 4 is 11.9 Å². The third-order valence-corrected chi connectivity index (χ3v) is 5.04. The number of aliphatic hydroxyl groups excluding tert-OH is 1. The molecule has 0 saturated carbocycles. The van der Waals surface area contributed by atoms with E-state index in [2.05, 4.69) is 14.9 Å². The molecule has 13 heteroatoms. The van der Waals surface area contributed by atoms with Crippen molar-refractivity contribution in [3.63, 3.8) is 0 Å². The van der Waals surface area contributed by atoms with Crippen LogP contribution in [0, 0.1) is 0 Å². The van der Waals surface area contributed by atoms with Crippen LogP contribution in [0.2, 0.25) is 0 Å². The summed E-state index contributed by atoms with van der Waals surface area (Å²) in [6.07, 6.45) is 5.44. The van der Waals surface area contributed by atoms with E-state index in [0.717, 1.165) is 24.0 Å². The molecule has 2 aromatic heterocycles. The van der Waals surface area contributed by atoms with Crippen LogP contribution in [0.5, 0.6) is 0 Å². The fourth-order valence-corrected chi connectivity index (χ4v) is 3.30. The molecule has 0 spiro atoms. The first-order chi connectivity index (χ1) is 18.0. The summed E-state index contributed by atoms with van der Waals surface area (Å²) in [5, 5.41) is 24.1. The van der Waals surface area contributed by atoms with Gasteiger partial charge in [-0.2, -0.15) is 10.2 Å². The number of aromatic nitrogens is 4. The molecule has 39 heavy (non-hydrogen) atoms. The average molecular weight is 567 g/mol. The van der Waals surface area contributed by atoms with Crippen LogP contribution in [0.25, 0.3) is 11.4 Å². The van der Waals surface area contributed by atoms with Crippen molar-refractivity contribution in [1.82, 2.24) is 19.6 Å². The van der Waals surface area contributed by atoms with E-state index in [1.54, 1.807) is 46.0 Å². The molecule has 0 saturated heterocycles. The Hall–Kier alpha value is -2.72. The zero-order chi connectivity index (χ0) is 27.2. The first-order valence-corrected chi connectivity index (χ1v) is 11.0. The van der Waals surface area contributed by atoms with Crippen LogP contribution in [0.3, 0.4) is 0 Å². The molecule has 12 nitrogen and oxygen atoms in total. The Kier molecular flexibility index (Phi) is 18.0. The molecule has 0 aliphatic rings. The molecule has 3 N–H and O–H groups in total. The molecule has 0 aliphatic heterocycles. The van der Waals surface area contributed by atoms with Gasteiger partial charge in [0.1, 0.15) is 0 Å². The molecule has 0 aliphatic carbocycles. The van der Waals surface area contributed by atoms with Gasteiger partial charge in [-0.1, -0.05) is 24.3 Å². The third-order valence-electron chi connectivity index (χ3n) is 5.04. The first kappa shape index (κ1) is 36.3. The number of nitrogens with zero attached hydrogens (tertiary/aromatic N) is 4. The van der Waals surface area contributed by atoms with Gasteiger partial charge >= 0.3 is 63.3 Å². The number of carbonyl (C=O) groups excluding carboxylic acids is 1. The van der Waals surface area contributed by atoms with Crippen molar-refractivity contribution in [2.24, 2.45) is 0 Å². The maximum Gasteiger partial charge on any atom is 1.00 e. The number of esters is 1. The topological polar surface area (TPSA) is 168 Å². The van der Waals surface area contributed by atoms with E-state index in [-0.39, 0.29) is 56.9 Å². The molecule has 2 aromatic carbocycles. The zero-order valence-electron chi connectivity index (χ0n) is 22.4. The maximum absolute atomic E-state index is 11.5. The summed E-state index contributed by atoms with van der Waals surface area (Å²) in [7, 11) is 5.19.